The van der Waals surface area contributed by atoms with Gasteiger partial charge in [-0.05, 0) is 36.8 Å². The van der Waals surface area contributed by atoms with E-state index in [0.717, 1.165) is 17.5 Å². The van der Waals surface area contributed by atoms with E-state index in [2.05, 4.69) is 9.24 Å². The molecule has 0 aliphatic heterocycles. The topological polar surface area (TPSA) is 0 Å². The van der Waals surface area contributed by atoms with Gasteiger partial charge in [0.2, 0.25) is 0 Å². The summed E-state index contributed by atoms with van der Waals surface area (Å²) in [5.41, 5.74) is 0.977. The largest absolute Gasteiger partial charge is 0.134 e. The predicted octanol–water partition coefficient (Wildman–Crippen LogP) is 2.83. The quantitative estimate of drug-likeness (QED) is 0.473. The zero-order valence-corrected chi connectivity index (χ0v) is 7.71. The molecule has 2 rings (SSSR count). The van der Waals surface area contributed by atoms with Gasteiger partial charge in [-0.15, -0.1) is 9.24 Å². The van der Waals surface area contributed by atoms with E-state index >= 15 is 0 Å². The van der Waals surface area contributed by atoms with Crippen molar-refractivity contribution in [2.45, 2.75) is 44.2 Å². The predicted molar refractivity (Wildman–Crippen MR) is 48.2 cm³/mol. The van der Waals surface area contributed by atoms with Crippen LogP contribution in [0.15, 0.2) is 0 Å². The van der Waals surface area contributed by atoms with E-state index in [0.29, 0.717) is 0 Å². The molecular weight excluding hydrogens is 139 g/mol. The molecule has 4 atom stereocenters. The highest BCUT2D eigenvalue weighted by atomic mass is 31.0. The molecule has 58 valence electrons. The smallest absolute Gasteiger partial charge is 0.0233 e. The Kier molecular flexibility index (Phi) is 2.00. The lowest BCUT2D eigenvalue weighted by Gasteiger charge is -2.27. The molecule has 0 aromatic carbocycles. The van der Waals surface area contributed by atoms with Crippen molar-refractivity contribution >= 4 is 9.24 Å². The van der Waals surface area contributed by atoms with Gasteiger partial charge in [-0.1, -0.05) is 19.3 Å². The van der Waals surface area contributed by atoms with Gasteiger partial charge in [0.25, 0.3) is 0 Å². The SMILES string of the molecule is PC1CCC2CCCCC12. The minimum atomic E-state index is 0.977. The molecule has 1 heteroatoms. The van der Waals surface area contributed by atoms with Gasteiger partial charge in [0.15, 0.2) is 0 Å². The second kappa shape index (κ2) is 2.81. The fourth-order valence-corrected chi connectivity index (χ4v) is 3.48. The highest BCUT2D eigenvalue weighted by Crippen LogP contribution is 2.45. The molecule has 0 bridgehead atoms. The van der Waals surface area contributed by atoms with Gasteiger partial charge in [0.1, 0.15) is 0 Å². The number of fused-ring (bicyclic) bond motifs is 1. The van der Waals surface area contributed by atoms with Crippen molar-refractivity contribution in [3.8, 4) is 0 Å². The van der Waals surface area contributed by atoms with Gasteiger partial charge in [0, 0.05) is 0 Å². The molecule has 2 fully saturated rings. The summed E-state index contributed by atoms with van der Waals surface area (Å²) in [5.74, 6) is 2.22. The van der Waals surface area contributed by atoms with Crippen LogP contribution in [0.3, 0.4) is 0 Å². The average Bonchev–Trinajstić information content (AvgIpc) is 2.34. The molecule has 0 spiro atoms. The van der Waals surface area contributed by atoms with Crippen LogP contribution in [0.25, 0.3) is 0 Å². The molecule has 10 heavy (non-hydrogen) atoms. The van der Waals surface area contributed by atoms with E-state index in [4.69, 9.17) is 0 Å². The molecule has 2 aliphatic carbocycles. The monoisotopic (exact) mass is 156 g/mol. The Balaban J connectivity index is 2.01. The van der Waals surface area contributed by atoms with Crippen molar-refractivity contribution in [3.05, 3.63) is 0 Å². The van der Waals surface area contributed by atoms with Crippen LogP contribution < -0.4 is 0 Å². The van der Waals surface area contributed by atoms with E-state index in [1.54, 1.807) is 0 Å². The summed E-state index contributed by atoms with van der Waals surface area (Å²) < 4.78 is 0. The van der Waals surface area contributed by atoms with E-state index in [1.165, 1.54) is 38.5 Å². The van der Waals surface area contributed by atoms with Crippen LogP contribution >= 0.6 is 9.24 Å². The Labute approximate surface area is 66.0 Å². The highest BCUT2D eigenvalue weighted by Gasteiger charge is 2.34. The first-order valence-electron chi connectivity index (χ1n) is 4.63. The molecule has 0 N–H and O–H groups in total. The third-order valence-electron chi connectivity index (χ3n) is 3.39. The number of rotatable bonds is 0. The summed E-state index contributed by atoms with van der Waals surface area (Å²) in [4.78, 5) is 0. The average molecular weight is 156 g/mol. The lowest BCUT2D eigenvalue weighted by Crippen LogP contribution is -2.18. The summed E-state index contributed by atoms with van der Waals surface area (Å²) in [6.07, 6.45) is 9.10. The van der Waals surface area contributed by atoms with E-state index < -0.39 is 0 Å². The third-order valence-corrected chi connectivity index (χ3v) is 4.22. The van der Waals surface area contributed by atoms with Gasteiger partial charge in [-0.25, -0.2) is 0 Å². The Morgan fingerprint density at radius 3 is 2.50 bits per heavy atom. The summed E-state index contributed by atoms with van der Waals surface area (Å²) in [7, 11) is 3.04. The Morgan fingerprint density at radius 2 is 1.70 bits per heavy atom. The minimum Gasteiger partial charge on any atom is -0.134 e. The third kappa shape index (κ3) is 1.11. The zero-order valence-electron chi connectivity index (χ0n) is 6.55. The fraction of sp³-hybridized carbons (Fsp3) is 1.00. The summed E-state index contributed by atoms with van der Waals surface area (Å²) in [5, 5.41) is 0. The Hall–Kier alpha value is 0.430. The minimum absolute atomic E-state index is 0.977. The fourth-order valence-electron chi connectivity index (χ4n) is 2.78. The second-order valence-corrected chi connectivity index (χ2v) is 4.81. The Morgan fingerprint density at radius 1 is 0.900 bits per heavy atom. The molecule has 2 saturated carbocycles. The molecule has 0 saturated heterocycles. The first-order valence-corrected chi connectivity index (χ1v) is 5.30. The molecule has 0 aromatic heterocycles. The first kappa shape index (κ1) is 7.10. The zero-order chi connectivity index (χ0) is 6.97. The molecular formula is C9H17P. The molecule has 0 heterocycles. The van der Waals surface area contributed by atoms with Crippen molar-refractivity contribution in [3.63, 3.8) is 0 Å². The van der Waals surface area contributed by atoms with Crippen molar-refractivity contribution in [1.29, 1.82) is 0 Å². The lowest BCUT2D eigenvalue weighted by atomic mass is 9.82. The van der Waals surface area contributed by atoms with Crippen LogP contribution in [-0.4, -0.2) is 5.66 Å². The summed E-state index contributed by atoms with van der Waals surface area (Å²) in [6.45, 7) is 0. The van der Waals surface area contributed by atoms with Gasteiger partial charge in [0.05, 0.1) is 0 Å². The van der Waals surface area contributed by atoms with Gasteiger partial charge in [-0.2, -0.15) is 0 Å². The second-order valence-electron chi connectivity index (χ2n) is 3.95. The van der Waals surface area contributed by atoms with Crippen molar-refractivity contribution in [1.82, 2.24) is 0 Å². The normalized spacial score (nSPS) is 47.1. The summed E-state index contributed by atoms with van der Waals surface area (Å²) >= 11 is 0. The standard InChI is InChI=1S/C9H17P/c10-9-6-5-7-3-1-2-4-8(7)9/h7-9H,1-6,10H2. The van der Waals surface area contributed by atoms with Crippen LogP contribution in [-0.2, 0) is 0 Å². The molecule has 0 amide bonds. The van der Waals surface area contributed by atoms with Crippen LogP contribution in [0, 0.1) is 11.8 Å². The lowest BCUT2D eigenvalue weighted by molar-refractivity contribution is 0.281. The van der Waals surface area contributed by atoms with Crippen LogP contribution in [0.1, 0.15) is 38.5 Å². The summed E-state index contributed by atoms with van der Waals surface area (Å²) in [6, 6.07) is 0. The van der Waals surface area contributed by atoms with Crippen molar-refractivity contribution in [2.75, 3.05) is 0 Å². The van der Waals surface area contributed by atoms with Gasteiger partial charge >= 0.3 is 0 Å². The van der Waals surface area contributed by atoms with E-state index in [1.807, 2.05) is 0 Å². The van der Waals surface area contributed by atoms with Gasteiger partial charge < -0.3 is 0 Å². The van der Waals surface area contributed by atoms with E-state index in [9.17, 15) is 0 Å². The first-order chi connectivity index (χ1) is 4.88. The molecule has 4 unspecified atom stereocenters. The van der Waals surface area contributed by atoms with Crippen LogP contribution in [0.4, 0.5) is 0 Å². The molecule has 2 aliphatic rings. The number of hydrogen-bond donors (Lipinski definition) is 0. The van der Waals surface area contributed by atoms with Gasteiger partial charge in [-0.3, -0.25) is 0 Å². The van der Waals surface area contributed by atoms with E-state index in [-0.39, 0.29) is 0 Å². The maximum atomic E-state index is 3.04. The molecule has 0 nitrogen and oxygen atoms in total. The molecule has 0 aromatic rings. The van der Waals surface area contributed by atoms with Crippen LogP contribution in [0.2, 0.25) is 0 Å². The Bertz CT molecular complexity index is 120. The number of hydrogen-bond acceptors (Lipinski definition) is 0. The van der Waals surface area contributed by atoms with Crippen molar-refractivity contribution in [2.24, 2.45) is 11.8 Å². The highest BCUT2D eigenvalue weighted by molar-refractivity contribution is 7.17. The maximum Gasteiger partial charge on any atom is -0.0233 e. The van der Waals surface area contributed by atoms with Crippen LogP contribution in [0.5, 0.6) is 0 Å². The molecule has 0 radical (unpaired) electrons. The maximum absolute atomic E-state index is 3.04. The van der Waals surface area contributed by atoms with Crippen molar-refractivity contribution < 1.29 is 0 Å².